The molecule has 1 atom stereocenters. The summed E-state index contributed by atoms with van der Waals surface area (Å²) in [6.45, 7) is 4.09. The molecule has 0 aliphatic carbocycles. The van der Waals surface area contributed by atoms with E-state index in [2.05, 4.69) is 57.8 Å². The van der Waals surface area contributed by atoms with Crippen molar-refractivity contribution >= 4 is 0 Å². The molecule has 2 aromatic carbocycles. The second kappa shape index (κ2) is 9.04. The van der Waals surface area contributed by atoms with Crippen molar-refractivity contribution in [2.45, 2.75) is 32.0 Å². The molecule has 0 spiro atoms. The third-order valence-corrected chi connectivity index (χ3v) is 5.32. The molecule has 1 saturated heterocycles. The Morgan fingerprint density at radius 2 is 2.00 bits per heavy atom. The maximum absolute atomic E-state index is 5.35. The molecule has 1 aromatic heterocycles. The predicted molar refractivity (Wildman–Crippen MR) is 112 cm³/mol. The molecule has 0 saturated carbocycles. The van der Waals surface area contributed by atoms with Gasteiger partial charge in [0.05, 0.1) is 12.8 Å². The molecule has 1 aliphatic rings. The zero-order valence-corrected chi connectivity index (χ0v) is 16.4. The number of rotatable bonds is 7. The number of piperidine rings is 1. The standard InChI is InChI=1S/C23H28N4O/c1-28-23-10-3-7-20(15-23)17-26-12-4-8-21(18-26)24-16-19-6-2-9-22(14-19)27-13-5-11-25-27/h2-3,5-7,9-11,13-15,21,24H,4,8,12,16-18H2,1H3/t21-/m1/s1. The van der Waals surface area contributed by atoms with Crippen LogP contribution in [0.3, 0.4) is 0 Å². The smallest absolute Gasteiger partial charge is 0.119 e. The zero-order chi connectivity index (χ0) is 19.2. The lowest BCUT2D eigenvalue weighted by Gasteiger charge is -2.33. The second-order valence-corrected chi connectivity index (χ2v) is 7.43. The Balaban J connectivity index is 1.32. The number of hydrogen-bond donors (Lipinski definition) is 1. The minimum atomic E-state index is 0.521. The number of methoxy groups -OCH3 is 1. The highest BCUT2D eigenvalue weighted by Crippen LogP contribution is 2.18. The van der Waals surface area contributed by atoms with Crippen molar-refractivity contribution in [2.75, 3.05) is 20.2 Å². The van der Waals surface area contributed by atoms with Gasteiger partial charge in [-0.1, -0.05) is 24.3 Å². The normalized spacial score (nSPS) is 17.5. The van der Waals surface area contributed by atoms with E-state index < -0.39 is 0 Å². The van der Waals surface area contributed by atoms with Gasteiger partial charge in [-0.3, -0.25) is 4.90 Å². The molecule has 146 valence electrons. The van der Waals surface area contributed by atoms with Crippen molar-refractivity contribution in [3.8, 4) is 11.4 Å². The first kappa shape index (κ1) is 18.7. The highest BCUT2D eigenvalue weighted by molar-refractivity contribution is 5.35. The van der Waals surface area contributed by atoms with Crippen LogP contribution in [0.15, 0.2) is 67.0 Å². The largest absolute Gasteiger partial charge is 0.497 e. The van der Waals surface area contributed by atoms with E-state index in [1.807, 2.05) is 29.2 Å². The highest BCUT2D eigenvalue weighted by Gasteiger charge is 2.19. The number of benzene rings is 2. The molecule has 28 heavy (non-hydrogen) atoms. The van der Waals surface area contributed by atoms with Crippen LogP contribution in [0.4, 0.5) is 0 Å². The van der Waals surface area contributed by atoms with Gasteiger partial charge in [-0.05, 0) is 60.8 Å². The van der Waals surface area contributed by atoms with E-state index in [1.54, 1.807) is 7.11 Å². The predicted octanol–water partition coefficient (Wildman–Crippen LogP) is 3.64. The van der Waals surface area contributed by atoms with Crippen molar-refractivity contribution in [1.82, 2.24) is 20.0 Å². The molecule has 5 nitrogen and oxygen atoms in total. The molecular weight excluding hydrogens is 348 g/mol. The fourth-order valence-electron chi connectivity index (χ4n) is 3.89. The topological polar surface area (TPSA) is 42.3 Å². The van der Waals surface area contributed by atoms with Crippen LogP contribution in [0, 0.1) is 0 Å². The molecule has 1 N–H and O–H groups in total. The maximum Gasteiger partial charge on any atom is 0.119 e. The minimum Gasteiger partial charge on any atom is -0.497 e. The molecule has 1 fully saturated rings. The first-order valence-corrected chi connectivity index (χ1v) is 9.98. The van der Waals surface area contributed by atoms with Crippen molar-refractivity contribution < 1.29 is 4.74 Å². The Hall–Kier alpha value is -2.63. The van der Waals surface area contributed by atoms with Gasteiger partial charge in [0.25, 0.3) is 0 Å². The van der Waals surface area contributed by atoms with Crippen LogP contribution in [0.5, 0.6) is 5.75 Å². The number of ether oxygens (including phenoxy) is 1. The quantitative estimate of drug-likeness (QED) is 0.684. The van der Waals surface area contributed by atoms with E-state index in [0.29, 0.717) is 6.04 Å². The maximum atomic E-state index is 5.35. The van der Waals surface area contributed by atoms with E-state index in [9.17, 15) is 0 Å². The van der Waals surface area contributed by atoms with Gasteiger partial charge in [0, 0.05) is 38.1 Å². The number of nitrogens with zero attached hydrogens (tertiary/aromatic N) is 3. The zero-order valence-electron chi connectivity index (χ0n) is 16.4. The van der Waals surface area contributed by atoms with Gasteiger partial charge in [-0.2, -0.15) is 5.10 Å². The van der Waals surface area contributed by atoms with Gasteiger partial charge in [0.15, 0.2) is 0 Å². The molecule has 0 radical (unpaired) electrons. The van der Waals surface area contributed by atoms with Gasteiger partial charge in [0.1, 0.15) is 5.75 Å². The third-order valence-electron chi connectivity index (χ3n) is 5.32. The summed E-state index contributed by atoms with van der Waals surface area (Å²) in [6.07, 6.45) is 6.25. The number of aromatic nitrogens is 2. The first-order chi connectivity index (χ1) is 13.8. The summed E-state index contributed by atoms with van der Waals surface area (Å²) in [5.74, 6) is 0.932. The lowest BCUT2D eigenvalue weighted by molar-refractivity contribution is 0.182. The molecule has 5 heteroatoms. The van der Waals surface area contributed by atoms with Crippen molar-refractivity contribution in [1.29, 1.82) is 0 Å². The average molecular weight is 377 g/mol. The summed E-state index contributed by atoms with van der Waals surface area (Å²) in [7, 11) is 1.72. The Morgan fingerprint density at radius 3 is 2.86 bits per heavy atom. The van der Waals surface area contributed by atoms with Crippen LogP contribution in [-0.4, -0.2) is 40.9 Å². The Morgan fingerprint density at radius 1 is 1.11 bits per heavy atom. The van der Waals surface area contributed by atoms with Crippen LogP contribution in [0.1, 0.15) is 24.0 Å². The van der Waals surface area contributed by atoms with Gasteiger partial charge in [-0.15, -0.1) is 0 Å². The van der Waals surface area contributed by atoms with Crippen LogP contribution in [0.2, 0.25) is 0 Å². The average Bonchev–Trinajstić information content (AvgIpc) is 3.28. The monoisotopic (exact) mass is 376 g/mol. The lowest BCUT2D eigenvalue weighted by Crippen LogP contribution is -2.45. The summed E-state index contributed by atoms with van der Waals surface area (Å²) in [5.41, 5.74) is 3.71. The molecule has 2 heterocycles. The highest BCUT2D eigenvalue weighted by atomic mass is 16.5. The summed E-state index contributed by atoms with van der Waals surface area (Å²) in [6, 6.07) is 19.4. The SMILES string of the molecule is COc1cccc(CN2CCC[C@@H](NCc3cccc(-n4cccn4)c3)C2)c1. The molecular formula is C23H28N4O. The summed E-state index contributed by atoms with van der Waals surface area (Å²) in [5, 5.41) is 8.07. The van der Waals surface area contributed by atoms with Crippen LogP contribution in [0.25, 0.3) is 5.69 Å². The van der Waals surface area contributed by atoms with Crippen LogP contribution >= 0.6 is 0 Å². The van der Waals surface area contributed by atoms with Crippen molar-refractivity contribution in [3.05, 3.63) is 78.1 Å². The van der Waals surface area contributed by atoms with E-state index in [-0.39, 0.29) is 0 Å². The van der Waals surface area contributed by atoms with Gasteiger partial charge >= 0.3 is 0 Å². The van der Waals surface area contributed by atoms with Gasteiger partial charge < -0.3 is 10.1 Å². The first-order valence-electron chi connectivity index (χ1n) is 9.98. The van der Waals surface area contributed by atoms with E-state index in [0.717, 1.165) is 37.6 Å². The Kier molecular flexibility index (Phi) is 6.04. The van der Waals surface area contributed by atoms with E-state index in [4.69, 9.17) is 4.74 Å². The lowest BCUT2D eigenvalue weighted by atomic mass is 10.0. The Labute approximate surface area is 166 Å². The van der Waals surface area contributed by atoms with Gasteiger partial charge in [-0.25, -0.2) is 4.68 Å². The Bertz CT molecular complexity index is 878. The molecule has 0 unspecified atom stereocenters. The fourth-order valence-corrected chi connectivity index (χ4v) is 3.89. The second-order valence-electron chi connectivity index (χ2n) is 7.43. The molecule has 1 aliphatic heterocycles. The van der Waals surface area contributed by atoms with E-state index in [1.165, 1.54) is 24.0 Å². The summed E-state index contributed by atoms with van der Waals surface area (Å²) in [4.78, 5) is 2.54. The molecule has 0 bridgehead atoms. The van der Waals surface area contributed by atoms with Crippen LogP contribution < -0.4 is 10.1 Å². The third kappa shape index (κ3) is 4.80. The minimum absolute atomic E-state index is 0.521. The van der Waals surface area contributed by atoms with E-state index >= 15 is 0 Å². The van der Waals surface area contributed by atoms with Crippen molar-refractivity contribution in [3.63, 3.8) is 0 Å². The molecule has 4 rings (SSSR count). The van der Waals surface area contributed by atoms with Crippen molar-refractivity contribution in [2.24, 2.45) is 0 Å². The molecule has 0 amide bonds. The molecule has 3 aromatic rings. The van der Waals surface area contributed by atoms with Gasteiger partial charge in [0.2, 0.25) is 0 Å². The van der Waals surface area contributed by atoms with Crippen LogP contribution in [-0.2, 0) is 13.1 Å². The number of likely N-dealkylation sites (tertiary alicyclic amines) is 1. The number of nitrogens with one attached hydrogen (secondary N) is 1. The number of hydrogen-bond acceptors (Lipinski definition) is 4. The summed E-state index contributed by atoms with van der Waals surface area (Å²) < 4.78 is 7.25. The fraction of sp³-hybridized carbons (Fsp3) is 0.348. The summed E-state index contributed by atoms with van der Waals surface area (Å²) >= 11 is 0.